The molecule has 0 amide bonds. The molecule has 0 saturated carbocycles. The van der Waals surface area contributed by atoms with E-state index in [1.54, 1.807) is 12.1 Å². The van der Waals surface area contributed by atoms with Crippen LogP contribution in [0.25, 0.3) is 10.6 Å². The lowest BCUT2D eigenvalue weighted by molar-refractivity contribution is 0.414. The van der Waals surface area contributed by atoms with E-state index in [-0.39, 0.29) is 11.4 Å². The van der Waals surface area contributed by atoms with Crippen LogP contribution in [0.3, 0.4) is 0 Å². The molecule has 0 spiro atoms. The number of thiazole rings is 1. The highest BCUT2D eigenvalue weighted by atomic mass is 32.2. The van der Waals surface area contributed by atoms with Gasteiger partial charge in [-0.15, -0.1) is 11.3 Å². The Balaban J connectivity index is 1.72. The summed E-state index contributed by atoms with van der Waals surface area (Å²) in [6.45, 7) is 2.18. The molecule has 2 aromatic carbocycles. The fraction of sp³-hybridized carbons (Fsp3) is 0.167. The molecule has 130 valence electrons. The molecule has 3 rings (SSSR count). The number of ether oxygens (including phenoxy) is 1. The van der Waals surface area contributed by atoms with E-state index in [1.165, 1.54) is 30.6 Å². The number of aryl methyl sites for hydroxylation is 1. The monoisotopic (exact) mass is 374 g/mol. The molecule has 25 heavy (non-hydrogen) atoms. The normalized spacial score (nSPS) is 11.4. The minimum absolute atomic E-state index is 0.150. The standard InChI is InChI=1S/C18H18N2O3S2/c1-13-5-3-4-6-17(13)18-20-14(12-24-18)11-19-25(21,22)16-9-7-15(23-2)8-10-16/h3-10,12,19H,11H2,1-2H3. The lowest BCUT2D eigenvalue weighted by atomic mass is 10.1. The summed E-state index contributed by atoms with van der Waals surface area (Å²) in [7, 11) is -2.05. The van der Waals surface area contributed by atoms with Crippen LogP contribution in [-0.4, -0.2) is 20.5 Å². The molecule has 3 aromatic rings. The van der Waals surface area contributed by atoms with Crippen LogP contribution in [-0.2, 0) is 16.6 Å². The van der Waals surface area contributed by atoms with Gasteiger partial charge in [-0.1, -0.05) is 24.3 Å². The molecule has 5 nitrogen and oxygen atoms in total. The van der Waals surface area contributed by atoms with Gasteiger partial charge in [0.1, 0.15) is 10.8 Å². The Bertz CT molecular complexity index is 964. The minimum Gasteiger partial charge on any atom is -0.497 e. The van der Waals surface area contributed by atoms with Crippen LogP contribution in [0.5, 0.6) is 5.75 Å². The molecule has 1 aromatic heterocycles. The number of rotatable bonds is 6. The van der Waals surface area contributed by atoms with E-state index < -0.39 is 10.0 Å². The van der Waals surface area contributed by atoms with E-state index in [0.29, 0.717) is 11.4 Å². The first-order valence-electron chi connectivity index (χ1n) is 7.64. The van der Waals surface area contributed by atoms with Crippen LogP contribution in [0.4, 0.5) is 0 Å². The maximum absolute atomic E-state index is 12.4. The van der Waals surface area contributed by atoms with Gasteiger partial charge in [0.05, 0.1) is 24.2 Å². The third kappa shape index (κ3) is 4.07. The first kappa shape index (κ1) is 17.6. The van der Waals surface area contributed by atoms with Gasteiger partial charge in [0.25, 0.3) is 0 Å². The van der Waals surface area contributed by atoms with Gasteiger partial charge >= 0.3 is 0 Å². The maximum atomic E-state index is 12.4. The molecule has 1 heterocycles. The second kappa shape index (κ2) is 7.35. The van der Waals surface area contributed by atoms with Gasteiger partial charge in [-0.3, -0.25) is 0 Å². The van der Waals surface area contributed by atoms with Crippen LogP contribution in [0, 0.1) is 6.92 Å². The van der Waals surface area contributed by atoms with Crippen molar-refractivity contribution in [3.63, 3.8) is 0 Å². The number of hydrogen-bond acceptors (Lipinski definition) is 5. The van der Waals surface area contributed by atoms with E-state index >= 15 is 0 Å². The number of nitrogens with zero attached hydrogens (tertiary/aromatic N) is 1. The lowest BCUT2D eigenvalue weighted by Crippen LogP contribution is -2.23. The highest BCUT2D eigenvalue weighted by Crippen LogP contribution is 2.26. The number of sulfonamides is 1. The molecule has 0 aliphatic heterocycles. The Morgan fingerprint density at radius 2 is 1.84 bits per heavy atom. The zero-order valence-corrected chi connectivity index (χ0v) is 15.5. The topological polar surface area (TPSA) is 68.3 Å². The van der Waals surface area contributed by atoms with Crippen molar-refractivity contribution in [2.45, 2.75) is 18.4 Å². The van der Waals surface area contributed by atoms with Crippen molar-refractivity contribution in [1.82, 2.24) is 9.71 Å². The van der Waals surface area contributed by atoms with Crippen molar-refractivity contribution < 1.29 is 13.2 Å². The summed E-state index contributed by atoms with van der Waals surface area (Å²) in [5.41, 5.74) is 2.90. The molecule has 0 bridgehead atoms. The summed E-state index contributed by atoms with van der Waals surface area (Å²) >= 11 is 1.51. The Hall–Kier alpha value is -2.22. The highest BCUT2D eigenvalue weighted by molar-refractivity contribution is 7.89. The predicted octanol–water partition coefficient (Wildman–Crippen LogP) is 3.61. The average molecular weight is 374 g/mol. The molecule has 0 atom stereocenters. The summed E-state index contributed by atoms with van der Waals surface area (Å²) < 4.78 is 32.3. The molecular formula is C18H18N2O3S2. The largest absolute Gasteiger partial charge is 0.497 e. The van der Waals surface area contributed by atoms with E-state index in [0.717, 1.165) is 16.1 Å². The summed E-state index contributed by atoms with van der Waals surface area (Å²) in [5.74, 6) is 0.612. The number of hydrogen-bond donors (Lipinski definition) is 1. The van der Waals surface area contributed by atoms with Gasteiger partial charge in [-0.2, -0.15) is 0 Å². The quantitative estimate of drug-likeness (QED) is 0.716. The SMILES string of the molecule is COc1ccc(S(=O)(=O)NCc2csc(-c3ccccc3C)n2)cc1. The molecule has 0 aliphatic rings. The van der Waals surface area contributed by atoms with Crippen molar-refractivity contribution in [2.75, 3.05) is 7.11 Å². The maximum Gasteiger partial charge on any atom is 0.240 e. The second-order valence-corrected chi connectivity index (χ2v) is 8.08. The van der Waals surface area contributed by atoms with Crippen LogP contribution >= 0.6 is 11.3 Å². The van der Waals surface area contributed by atoms with Gasteiger partial charge in [0, 0.05) is 10.9 Å². The lowest BCUT2D eigenvalue weighted by Gasteiger charge is -2.06. The molecule has 1 N–H and O–H groups in total. The zero-order valence-electron chi connectivity index (χ0n) is 13.9. The minimum atomic E-state index is -3.59. The number of nitrogens with one attached hydrogen (secondary N) is 1. The van der Waals surface area contributed by atoms with Crippen molar-refractivity contribution in [1.29, 1.82) is 0 Å². The molecule has 0 fully saturated rings. The van der Waals surface area contributed by atoms with Crippen molar-refractivity contribution in [3.05, 3.63) is 65.2 Å². The first-order valence-corrected chi connectivity index (χ1v) is 10.00. The average Bonchev–Trinajstić information content (AvgIpc) is 3.09. The number of benzene rings is 2. The smallest absolute Gasteiger partial charge is 0.240 e. The summed E-state index contributed by atoms with van der Waals surface area (Å²) in [6, 6.07) is 14.3. The fourth-order valence-corrected chi connectivity index (χ4v) is 4.24. The molecule has 7 heteroatoms. The molecule has 0 unspecified atom stereocenters. The van der Waals surface area contributed by atoms with E-state index in [9.17, 15) is 8.42 Å². The first-order chi connectivity index (χ1) is 12.0. The summed E-state index contributed by atoms with van der Waals surface area (Å²) in [6.07, 6.45) is 0. The highest BCUT2D eigenvalue weighted by Gasteiger charge is 2.15. The predicted molar refractivity (Wildman–Crippen MR) is 99.3 cm³/mol. The summed E-state index contributed by atoms with van der Waals surface area (Å²) in [4.78, 5) is 4.73. The van der Waals surface area contributed by atoms with Crippen molar-refractivity contribution in [2.24, 2.45) is 0 Å². The molecular weight excluding hydrogens is 356 g/mol. The van der Waals surface area contributed by atoms with E-state index in [4.69, 9.17) is 4.74 Å². The van der Waals surface area contributed by atoms with E-state index in [2.05, 4.69) is 9.71 Å². The fourth-order valence-electron chi connectivity index (χ4n) is 2.33. The Labute approximate surface area is 151 Å². The van der Waals surface area contributed by atoms with Crippen LogP contribution in [0.2, 0.25) is 0 Å². The number of aromatic nitrogens is 1. The van der Waals surface area contributed by atoms with Crippen molar-refractivity contribution in [3.8, 4) is 16.3 Å². The molecule has 0 radical (unpaired) electrons. The zero-order chi connectivity index (χ0) is 17.9. The van der Waals surface area contributed by atoms with Crippen molar-refractivity contribution >= 4 is 21.4 Å². The third-order valence-electron chi connectivity index (χ3n) is 3.74. The Kier molecular flexibility index (Phi) is 5.17. The van der Waals surface area contributed by atoms with Crippen LogP contribution in [0.15, 0.2) is 58.8 Å². The van der Waals surface area contributed by atoms with Gasteiger partial charge in [0.2, 0.25) is 10.0 Å². The Morgan fingerprint density at radius 1 is 1.12 bits per heavy atom. The van der Waals surface area contributed by atoms with E-state index in [1.807, 2.05) is 36.6 Å². The van der Waals surface area contributed by atoms with Gasteiger partial charge in [-0.05, 0) is 36.8 Å². The second-order valence-electron chi connectivity index (χ2n) is 5.46. The number of methoxy groups -OCH3 is 1. The van der Waals surface area contributed by atoms with Gasteiger partial charge in [0.15, 0.2) is 0 Å². The van der Waals surface area contributed by atoms with Crippen LogP contribution in [0.1, 0.15) is 11.3 Å². The van der Waals surface area contributed by atoms with Gasteiger partial charge < -0.3 is 4.74 Å². The van der Waals surface area contributed by atoms with Crippen LogP contribution < -0.4 is 9.46 Å². The molecule has 0 aliphatic carbocycles. The molecule has 0 saturated heterocycles. The third-order valence-corrected chi connectivity index (χ3v) is 6.08. The summed E-state index contributed by atoms with van der Waals surface area (Å²) in [5, 5.41) is 2.76. The Morgan fingerprint density at radius 3 is 2.52 bits per heavy atom. The van der Waals surface area contributed by atoms with Gasteiger partial charge in [-0.25, -0.2) is 18.1 Å².